The van der Waals surface area contributed by atoms with Crippen LogP contribution < -0.4 is 0 Å². The van der Waals surface area contributed by atoms with Crippen LogP contribution in [0.1, 0.15) is 19.3 Å². The lowest BCUT2D eigenvalue weighted by Gasteiger charge is -2.34. The summed E-state index contributed by atoms with van der Waals surface area (Å²) in [5.74, 6) is -3.26. The summed E-state index contributed by atoms with van der Waals surface area (Å²) < 4.78 is 53.1. The largest absolute Gasteiger partial charge is 0.286 e. The Bertz CT molecular complexity index is 252. The van der Waals surface area contributed by atoms with Crippen molar-refractivity contribution in [1.82, 2.24) is 0 Å². The summed E-state index contributed by atoms with van der Waals surface area (Å²) in [5.41, 5.74) is 0. The molecule has 72 valence electrons. The van der Waals surface area contributed by atoms with E-state index in [4.69, 9.17) is 4.55 Å². The highest BCUT2D eigenvalue weighted by Gasteiger charge is 2.44. The fourth-order valence-electron chi connectivity index (χ4n) is 1.30. The maximum absolute atomic E-state index is 12.2. The van der Waals surface area contributed by atoms with Crippen LogP contribution in [0.2, 0.25) is 0 Å². The van der Waals surface area contributed by atoms with E-state index < -0.39 is 21.8 Å². The Hall–Kier alpha value is -0.230. The molecule has 6 heteroatoms. The lowest BCUT2D eigenvalue weighted by Crippen LogP contribution is -2.36. The molecule has 1 N–H and O–H groups in total. The van der Waals surface area contributed by atoms with Crippen LogP contribution in [0.5, 0.6) is 0 Å². The highest BCUT2D eigenvalue weighted by atomic mass is 32.2. The molecule has 0 heterocycles. The van der Waals surface area contributed by atoms with Crippen LogP contribution in [0, 0.1) is 5.92 Å². The summed E-state index contributed by atoms with van der Waals surface area (Å²) in [6.07, 6.45) is -0.362. The Morgan fingerprint density at radius 3 is 2.25 bits per heavy atom. The van der Waals surface area contributed by atoms with Crippen molar-refractivity contribution in [2.24, 2.45) is 5.92 Å². The molecule has 0 saturated heterocycles. The summed E-state index contributed by atoms with van der Waals surface area (Å²) in [6.45, 7) is 0. The van der Waals surface area contributed by atoms with Gasteiger partial charge in [0.05, 0.1) is 5.75 Å². The van der Waals surface area contributed by atoms with Gasteiger partial charge in [0.15, 0.2) is 0 Å². The first-order valence-electron chi connectivity index (χ1n) is 3.61. The number of halogens is 2. The van der Waals surface area contributed by atoms with Crippen LogP contribution in [-0.4, -0.2) is 24.6 Å². The molecule has 0 unspecified atom stereocenters. The molecule has 0 bridgehead atoms. The molecular weight excluding hydrogens is 190 g/mol. The second-order valence-corrected chi connectivity index (χ2v) is 4.78. The molecule has 0 aromatic carbocycles. The third-order valence-corrected chi connectivity index (χ3v) is 2.71. The third-order valence-electron chi connectivity index (χ3n) is 1.96. The maximum atomic E-state index is 12.2. The van der Waals surface area contributed by atoms with Gasteiger partial charge < -0.3 is 0 Å². The standard InChI is InChI=1S/C6H10F2O3S/c7-6(8)3-5(4-6)1-2-12(9,10)11/h5H,1-4H2,(H,9,10,11). The molecule has 0 amide bonds. The average Bonchev–Trinajstić information content (AvgIpc) is 1.76. The SMILES string of the molecule is O=S(=O)(O)CCC1CC(F)(F)C1. The zero-order valence-corrected chi connectivity index (χ0v) is 7.15. The van der Waals surface area contributed by atoms with Gasteiger partial charge in [0.1, 0.15) is 0 Å². The van der Waals surface area contributed by atoms with Gasteiger partial charge >= 0.3 is 0 Å². The van der Waals surface area contributed by atoms with Crippen molar-refractivity contribution in [3.63, 3.8) is 0 Å². The van der Waals surface area contributed by atoms with E-state index in [0.717, 1.165) is 0 Å². The van der Waals surface area contributed by atoms with Gasteiger partial charge in [-0.1, -0.05) is 0 Å². The first kappa shape index (κ1) is 9.85. The minimum Gasteiger partial charge on any atom is -0.286 e. The van der Waals surface area contributed by atoms with Crippen molar-refractivity contribution in [3.8, 4) is 0 Å². The first-order chi connectivity index (χ1) is 5.29. The van der Waals surface area contributed by atoms with Crippen molar-refractivity contribution in [2.75, 3.05) is 5.75 Å². The molecule has 0 radical (unpaired) electrons. The Labute approximate surface area is 69.5 Å². The molecule has 0 aromatic heterocycles. The fraction of sp³-hybridized carbons (Fsp3) is 1.00. The van der Waals surface area contributed by atoms with E-state index in [1.807, 2.05) is 0 Å². The second kappa shape index (κ2) is 2.92. The zero-order chi connectivity index (χ0) is 9.41. The molecule has 0 spiro atoms. The van der Waals surface area contributed by atoms with E-state index in [0.29, 0.717) is 0 Å². The minimum absolute atomic E-state index is 0.133. The number of hydrogen-bond donors (Lipinski definition) is 1. The van der Waals surface area contributed by atoms with Crippen LogP contribution in [0.4, 0.5) is 8.78 Å². The molecule has 1 rings (SSSR count). The second-order valence-electron chi connectivity index (χ2n) is 3.20. The summed E-state index contributed by atoms with van der Waals surface area (Å²) in [5, 5.41) is 0. The van der Waals surface area contributed by atoms with Gasteiger partial charge in [-0.05, 0) is 12.3 Å². The van der Waals surface area contributed by atoms with E-state index in [1.54, 1.807) is 0 Å². The molecule has 3 nitrogen and oxygen atoms in total. The third kappa shape index (κ3) is 3.02. The quantitative estimate of drug-likeness (QED) is 0.699. The summed E-state index contributed by atoms with van der Waals surface area (Å²) in [4.78, 5) is 0. The van der Waals surface area contributed by atoms with Crippen molar-refractivity contribution < 1.29 is 21.8 Å². The van der Waals surface area contributed by atoms with Gasteiger partial charge in [0, 0.05) is 12.8 Å². The van der Waals surface area contributed by atoms with Gasteiger partial charge in [-0.3, -0.25) is 4.55 Å². The summed E-state index contributed by atoms with van der Waals surface area (Å²) in [6, 6.07) is 0. The van der Waals surface area contributed by atoms with Crippen LogP contribution >= 0.6 is 0 Å². The molecular formula is C6H10F2O3S. The normalized spacial score (nSPS) is 23.6. The van der Waals surface area contributed by atoms with Gasteiger partial charge in [-0.25, -0.2) is 8.78 Å². The van der Waals surface area contributed by atoms with Crippen molar-refractivity contribution in [1.29, 1.82) is 0 Å². The highest BCUT2D eigenvalue weighted by Crippen LogP contribution is 2.43. The molecule has 0 aliphatic heterocycles. The molecule has 0 aromatic rings. The van der Waals surface area contributed by atoms with E-state index in [9.17, 15) is 17.2 Å². The van der Waals surface area contributed by atoms with Gasteiger partial charge in [0.25, 0.3) is 10.1 Å². The van der Waals surface area contributed by atoms with E-state index in [1.165, 1.54) is 0 Å². The Kier molecular flexibility index (Phi) is 2.40. The van der Waals surface area contributed by atoms with Crippen molar-refractivity contribution in [2.45, 2.75) is 25.2 Å². The molecule has 0 atom stereocenters. The highest BCUT2D eigenvalue weighted by molar-refractivity contribution is 7.85. The Morgan fingerprint density at radius 1 is 1.42 bits per heavy atom. The number of alkyl halides is 2. The Balaban J connectivity index is 2.21. The topological polar surface area (TPSA) is 54.4 Å². The van der Waals surface area contributed by atoms with E-state index in [-0.39, 0.29) is 25.2 Å². The number of rotatable bonds is 3. The predicted molar refractivity (Wildman–Crippen MR) is 38.7 cm³/mol. The zero-order valence-electron chi connectivity index (χ0n) is 6.33. The van der Waals surface area contributed by atoms with Crippen molar-refractivity contribution in [3.05, 3.63) is 0 Å². The van der Waals surface area contributed by atoms with Gasteiger partial charge in [-0.2, -0.15) is 8.42 Å². The van der Waals surface area contributed by atoms with Gasteiger partial charge in [-0.15, -0.1) is 0 Å². The molecule has 12 heavy (non-hydrogen) atoms. The predicted octanol–water partition coefficient (Wildman–Crippen LogP) is 1.31. The smallest absolute Gasteiger partial charge is 0.264 e. The minimum atomic E-state index is -3.98. The monoisotopic (exact) mass is 200 g/mol. The molecule has 1 aliphatic carbocycles. The first-order valence-corrected chi connectivity index (χ1v) is 5.22. The molecule has 1 aliphatic rings. The van der Waals surface area contributed by atoms with Crippen LogP contribution in [0.15, 0.2) is 0 Å². The lowest BCUT2D eigenvalue weighted by atomic mass is 9.80. The van der Waals surface area contributed by atoms with Crippen LogP contribution in [-0.2, 0) is 10.1 Å². The Morgan fingerprint density at radius 2 is 1.92 bits per heavy atom. The average molecular weight is 200 g/mol. The van der Waals surface area contributed by atoms with Crippen molar-refractivity contribution >= 4 is 10.1 Å². The summed E-state index contributed by atoms with van der Waals surface area (Å²) in [7, 11) is -3.98. The van der Waals surface area contributed by atoms with E-state index >= 15 is 0 Å². The van der Waals surface area contributed by atoms with Crippen LogP contribution in [0.3, 0.4) is 0 Å². The number of hydrogen-bond acceptors (Lipinski definition) is 2. The molecule has 1 fully saturated rings. The van der Waals surface area contributed by atoms with Crippen LogP contribution in [0.25, 0.3) is 0 Å². The van der Waals surface area contributed by atoms with E-state index in [2.05, 4.69) is 0 Å². The fourth-order valence-corrected chi connectivity index (χ4v) is 1.94. The maximum Gasteiger partial charge on any atom is 0.264 e. The lowest BCUT2D eigenvalue weighted by molar-refractivity contribution is -0.110. The molecule has 1 saturated carbocycles. The van der Waals surface area contributed by atoms with Gasteiger partial charge in [0.2, 0.25) is 5.92 Å². The summed E-state index contributed by atoms with van der Waals surface area (Å²) >= 11 is 0.